The van der Waals surface area contributed by atoms with Crippen LogP contribution in [0.15, 0.2) is 24.3 Å². The molecular formula is C23H30O7. The molecular weight excluding hydrogens is 388 g/mol. The number of esters is 2. The molecule has 6 atom stereocenters. The van der Waals surface area contributed by atoms with Gasteiger partial charge in [0.25, 0.3) is 0 Å². The zero-order valence-corrected chi connectivity index (χ0v) is 17.9. The quantitative estimate of drug-likeness (QED) is 0.705. The van der Waals surface area contributed by atoms with E-state index in [2.05, 4.69) is 0 Å². The third kappa shape index (κ3) is 4.30. The summed E-state index contributed by atoms with van der Waals surface area (Å²) in [5, 5.41) is 9.68. The number of hydrogen-bond donors (Lipinski definition) is 1. The van der Waals surface area contributed by atoms with Crippen LogP contribution in [0.1, 0.15) is 57.9 Å². The van der Waals surface area contributed by atoms with Crippen LogP contribution < -0.4 is 4.74 Å². The molecule has 0 amide bonds. The average Bonchev–Trinajstić information content (AvgIpc) is 2.96. The van der Waals surface area contributed by atoms with Gasteiger partial charge in [-0.2, -0.15) is 0 Å². The molecule has 1 aromatic rings. The number of carbonyl (C=O) groups excluding carboxylic acids is 2. The van der Waals surface area contributed by atoms with Crippen LogP contribution in [-0.4, -0.2) is 42.3 Å². The Morgan fingerprint density at radius 3 is 2.23 bits per heavy atom. The zero-order valence-electron chi connectivity index (χ0n) is 17.9. The summed E-state index contributed by atoms with van der Waals surface area (Å²) in [5.41, 5.74) is 0.473. The molecule has 0 aliphatic heterocycles. The fourth-order valence-electron chi connectivity index (χ4n) is 5.78. The maximum absolute atomic E-state index is 11.9. The van der Waals surface area contributed by atoms with Crippen LogP contribution in [0, 0.1) is 17.3 Å². The van der Waals surface area contributed by atoms with Gasteiger partial charge < -0.3 is 19.3 Å². The third-order valence-corrected chi connectivity index (χ3v) is 6.88. The molecule has 2 aliphatic carbocycles. The van der Waals surface area contributed by atoms with Crippen LogP contribution in [0.5, 0.6) is 5.75 Å². The summed E-state index contributed by atoms with van der Waals surface area (Å²) in [6.07, 6.45) is 1.11. The molecule has 1 N–H and O–H groups in total. The highest BCUT2D eigenvalue weighted by atomic mass is 16.6. The molecule has 30 heavy (non-hydrogen) atoms. The molecule has 0 heterocycles. The lowest BCUT2D eigenvalue weighted by atomic mass is 9.56. The molecule has 7 heteroatoms. The molecule has 1 aromatic carbocycles. The number of carboxylic acid groups (broad SMARTS) is 1. The highest BCUT2D eigenvalue weighted by Crippen LogP contribution is 2.60. The van der Waals surface area contributed by atoms with Crippen LogP contribution in [-0.2, 0) is 23.9 Å². The van der Waals surface area contributed by atoms with Gasteiger partial charge in [-0.05, 0) is 48.8 Å². The summed E-state index contributed by atoms with van der Waals surface area (Å²) in [4.78, 5) is 35.4. The first-order valence-electron chi connectivity index (χ1n) is 10.4. The Morgan fingerprint density at radius 2 is 1.70 bits per heavy atom. The average molecular weight is 418 g/mol. The number of methoxy groups -OCH3 is 1. The van der Waals surface area contributed by atoms with Crippen molar-refractivity contribution in [2.45, 2.75) is 64.6 Å². The maximum atomic E-state index is 11.9. The van der Waals surface area contributed by atoms with E-state index in [1.54, 1.807) is 7.11 Å². The Balaban J connectivity index is 2.05. The molecule has 3 rings (SSSR count). The van der Waals surface area contributed by atoms with E-state index < -0.39 is 23.5 Å². The van der Waals surface area contributed by atoms with E-state index in [0.717, 1.165) is 12.0 Å². The lowest BCUT2D eigenvalue weighted by molar-refractivity contribution is -0.169. The van der Waals surface area contributed by atoms with Gasteiger partial charge in [0.1, 0.15) is 18.0 Å². The number of rotatable bonds is 6. The van der Waals surface area contributed by atoms with Crippen LogP contribution >= 0.6 is 0 Å². The second-order valence-electron chi connectivity index (χ2n) is 8.70. The molecule has 0 bridgehead atoms. The van der Waals surface area contributed by atoms with E-state index >= 15 is 0 Å². The van der Waals surface area contributed by atoms with Gasteiger partial charge in [-0.1, -0.05) is 19.1 Å². The Bertz CT molecular complexity index is 802. The van der Waals surface area contributed by atoms with Crippen molar-refractivity contribution >= 4 is 17.9 Å². The van der Waals surface area contributed by atoms with E-state index in [0.29, 0.717) is 18.6 Å². The fraction of sp³-hybridized carbons (Fsp3) is 0.609. The Labute approximate surface area is 176 Å². The van der Waals surface area contributed by atoms with Gasteiger partial charge in [0, 0.05) is 31.6 Å². The van der Waals surface area contributed by atoms with Crippen molar-refractivity contribution in [1.29, 1.82) is 0 Å². The number of benzene rings is 1. The van der Waals surface area contributed by atoms with E-state index in [1.807, 2.05) is 31.2 Å². The predicted molar refractivity (Wildman–Crippen MR) is 108 cm³/mol. The van der Waals surface area contributed by atoms with Crippen molar-refractivity contribution < 1.29 is 33.7 Å². The molecule has 7 nitrogen and oxygen atoms in total. The molecule has 2 saturated carbocycles. The third-order valence-electron chi connectivity index (χ3n) is 6.88. The second kappa shape index (κ2) is 8.66. The summed E-state index contributed by atoms with van der Waals surface area (Å²) < 4.78 is 16.6. The van der Waals surface area contributed by atoms with Crippen molar-refractivity contribution in [2.75, 3.05) is 7.11 Å². The van der Waals surface area contributed by atoms with Gasteiger partial charge in [-0.15, -0.1) is 0 Å². The second-order valence-corrected chi connectivity index (χ2v) is 8.70. The van der Waals surface area contributed by atoms with Crippen LogP contribution in [0.25, 0.3) is 0 Å². The van der Waals surface area contributed by atoms with Crippen molar-refractivity contribution in [2.24, 2.45) is 17.3 Å². The summed E-state index contributed by atoms with van der Waals surface area (Å²) in [7, 11) is 1.59. The van der Waals surface area contributed by atoms with E-state index in [1.165, 1.54) is 13.8 Å². The predicted octanol–water partition coefficient (Wildman–Crippen LogP) is 3.55. The first-order valence-corrected chi connectivity index (χ1v) is 10.4. The van der Waals surface area contributed by atoms with Crippen molar-refractivity contribution in [1.82, 2.24) is 0 Å². The minimum absolute atomic E-state index is 0.0388. The summed E-state index contributed by atoms with van der Waals surface area (Å²) >= 11 is 0. The van der Waals surface area contributed by atoms with Gasteiger partial charge in [0.05, 0.1) is 7.11 Å². The molecule has 0 aromatic heterocycles. The molecule has 2 aliphatic rings. The normalized spacial score (nSPS) is 32.7. The monoisotopic (exact) mass is 418 g/mol. The minimum Gasteiger partial charge on any atom is -0.497 e. The fourth-order valence-corrected chi connectivity index (χ4v) is 5.78. The number of hydrogen-bond acceptors (Lipinski definition) is 6. The molecule has 0 radical (unpaired) electrons. The van der Waals surface area contributed by atoms with E-state index in [-0.39, 0.29) is 36.2 Å². The summed E-state index contributed by atoms with van der Waals surface area (Å²) in [6, 6.07) is 7.50. The standard InChI is InChI=1S/C23H30O7/c1-13(24)29-19-12-23(3)18(9-10-20(23)30-14(2)25)17(11-21(26)27)22(19)15-5-7-16(28-4)8-6-15/h5-8,17-20,22H,9-12H2,1-4H3,(H,26,27)/t17-,18-,19-,20-,22+,23-/m0/s1. The minimum atomic E-state index is -0.889. The highest BCUT2D eigenvalue weighted by Gasteiger charge is 2.59. The lowest BCUT2D eigenvalue weighted by Gasteiger charge is -2.51. The van der Waals surface area contributed by atoms with Crippen molar-refractivity contribution in [3.63, 3.8) is 0 Å². The Morgan fingerprint density at radius 1 is 1.07 bits per heavy atom. The van der Waals surface area contributed by atoms with E-state index in [9.17, 15) is 19.5 Å². The Kier molecular flexibility index (Phi) is 6.38. The first kappa shape index (κ1) is 22.1. The summed E-state index contributed by atoms with van der Waals surface area (Å²) in [6.45, 7) is 4.79. The number of carboxylic acids is 1. The highest BCUT2D eigenvalue weighted by molar-refractivity contribution is 5.68. The lowest BCUT2D eigenvalue weighted by Crippen LogP contribution is -2.51. The van der Waals surface area contributed by atoms with Crippen molar-refractivity contribution in [3.05, 3.63) is 29.8 Å². The van der Waals surface area contributed by atoms with Gasteiger partial charge in [-0.25, -0.2) is 0 Å². The van der Waals surface area contributed by atoms with Crippen LogP contribution in [0.4, 0.5) is 0 Å². The number of fused-ring (bicyclic) bond motifs is 1. The first-order chi connectivity index (χ1) is 14.2. The SMILES string of the molecule is COc1ccc([C@@H]2[C@@H](CC(=O)O)[C@@H]3CC[C@H](OC(C)=O)[C@@]3(C)C[C@@H]2OC(C)=O)cc1. The number of ether oxygens (including phenoxy) is 3. The van der Waals surface area contributed by atoms with Gasteiger partial charge >= 0.3 is 17.9 Å². The molecule has 0 unspecified atom stereocenters. The Hall–Kier alpha value is -2.57. The van der Waals surface area contributed by atoms with Crippen molar-refractivity contribution in [3.8, 4) is 5.75 Å². The molecule has 164 valence electrons. The smallest absolute Gasteiger partial charge is 0.303 e. The summed E-state index contributed by atoms with van der Waals surface area (Å²) in [5.74, 6) is -1.41. The number of carbonyl (C=O) groups is 3. The number of aliphatic carboxylic acids is 1. The van der Waals surface area contributed by atoms with Gasteiger partial charge in [0.15, 0.2) is 0 Å². The van der Waals surface area contributed by atoms with E-state index in [4.69, 9.17) is 14.2 Å². The molecule has 0 saturated heterocycles. The molecule has 0 spiro atoms. The zero-order chi connectivity index (χ0) is 22.1. The van der Waals surface area contributed by atoms with Crippen LogP contribution in [0.3, 0.4) is 0 Å². The van der Waals surface area contributed by atoms with Gasteiger partial charge in [0.2, 0.25) is 0 Å². The molecule has 2 fully saturated rings. The van der Waals surface area contributed by atoms with Gasteiger partial charge in [-0.3, -0.25) is 14.4 Å². The maximum Gasteiger partial charge on any atom is 0.303 e. The largest absolute Gasteiger partial charge is 0.497 e. The van der Waals surface area contributed by atoms with Crippen LogP contribution in [0.2, 0.25) is 0 Å². The topological polar surface area (TPSA) is 99.1 Å².